The van der Waals surface area contributed by atoms with Gasteiger partial charge in [0.2, 0.25) is 0 Å². The maximum atomic E-state index is 5.38. The first kappa shape index (κ1) is 9.46. The van der Waals surface area contributed by atoms with Crippen LogP contribution in [0.5, 0.6) is 0 Å². The molecule has 1 saturated heterocycles. The van der Waals surface area contributed by atoms with E-state index in [9.17, 15) is 0 Å². The quantitative estimate of drug-likeness (QED) is 0.691. The molecule has 1 fully saturated rings. The van der Waals surface area contributed by atoms with Crippen LogP contribution in [0.25, 0.3) is 0 Å². The third kappa shape index (κ3) is 1.60. The molecule has 1 heterocycles. The van der Waals surface area contributed by atoms with Crippen LogP contribution in [-0.4, -0.2) is 23.2 Å². The fourth-order valence-electron chi connectivity index (χ4n) is 1.75. The molecule has 0 bridgehead atoms. The Kier molecular flexibility index (Phi) is 2.68. The highest BCUT2D eigenvalue weighted by molar-refractivity contribution is 7.80. The highest BCUT2D eigenvalue weighted by atomic mass is 32.1. The van der Waals surface area contributed by atoms with E-state index >= 15 is 0 Å². The van der Waals surface area contributed by atoms with Gasteiger partial charge in [0.1, 0.15) is 6.61 Å². The van der Waals surface area contributed by atoms with Crippen molar-refractivity contribution >= 4 is 17.4 Å². The minimum Gasteiger partial charge on any atom is -0.468 e. The Balaban J connectivity index is 2.23. The largest absolute Gasteiger partial charge is 0.468 e. The highest BCUT2D eigenvalue weighted by Crippen LogP contribution is 2.26. The lowest BCUT2D eigenvalue weighted by Crippen LogP contribution is -2.26. The number of likely N-dealkylation sites (N-methyl/N-ethyl adjacent to an activating group) is 1. The topological polar surface area (TPSA) is 12.5 Å². The molecule has 1 aromatic rings. The van der Waals surface area contributed by atoms with Crippen LogP contribution in [0.3, 0.4) is 0 Å². The van der Waals surface area contributed by atoms with Crippen molar-refractivity contribution in [2.45, 2.75) is 13.0 Å². The highest BCUT2D eigenvalue weighted by Gasteiger charge is 2.29. The van der Waals surface area contributed by atoms with E-state index < -0.39 is 0 Å². The average molecular weight is 207 g/mol. The maximum Gasteiger partial charge on any atom is 0.260 e. The fourth-order valence-corrected chi connectivity index (χ4v) is 2.08. The van der Waals surface area contributed by atoms with Gasteiger partial charge in [-0.15, -0.1) is 0 Å². The van der Waals surface area contributed by atoms with Crippen LogP contribution in [0.2, 0.25) is 0 Å². The van der Waals surface area contributed by atoms with Gasteiger partial charge in [0.15, 0.2) is 0 Å². The van der Waals surface area contributed by atoms with Gasteiger partial charge in [-0.25, -0.2) is 0 Å². The monoisotopic (exact) mass is 207 g/mol. The number of ether oxygens (including phenoxy) is 1. The van der Waals surface area contributed by atoms with Crippen molar-refractivity contribution in [2.75, 3.05) is 13.2 Å². The van der Waals surface area contributed by atoms with Crippen molar-refractivity contribution in [3.63, 3.8) is 0 Å². The third-order valence-electron chi connectivity index (χ3n) is 2.50. The standard InChI is InChI=1S/C11H13NOS/c1-2-12-10(8-13-11(12)14)9-6-4-3-5-7-9/h3-7,10H,2,8H2,1H3/t10-/m1/s1. The molecule has 2 nitrogen and oxygen atoms in total. The van der Waals surface area contributed by atoms with Gasteiger partial charge in [0.25, 0.3) is 5.17 Å². The molecule has 0 aliphatic carbocycles. The Morgan fingerprint density at radius 3 is 2.79 bits per heavy atom. The minimum atomic E-state index is 0.300. The third-order valence-corrected chi connectivity index (χ3v) is 2.85. The Bertz CT molecular complexity index is 325. The van der Waals surface area contributed by atoms with E-state index in [0.29, 0.717) is 17.8 Å². The summed E-state index contributed by atoms with van der Waals surface area (Å²) in [5.41, 5.74) is 1.27. The van der Waals surface area contributed by atoms with E-state index in [4.69, 9.17) is 17.0 Å². The molecule has 0 saturated carbocycles. The number of hydrogen-bond donors (Lipinski definition) is 0. The van der Waals surface area contributed by atoms with Crippen molar-refractivity contribution in [1.29, 1.82) is 0 Å². The Morgan fingerprint density at radius 2 is 2.14 bits per heavy atom. The van der Waals surface area contributed by atoms with Gasteiger partial charge in [0, 0.05) is 6.54 Å². The smallest absolute Gasteiger partial charge is 0.260 e. The number of nitrogens with zero attached hydrogens (tertiary/aromatic N) is 1. The lowest BCUT2D eigenvalue weighted by atomic mass is 10.1. The van der Waals surface area contributed by atoms with Crippen LogP contribution in [0, 0.1) is 0 Å². The molecule has 14 heavy (non-hydrogen) atoms. The molecule has 1 aliphatic rings. The molecule has 1 atom stereocenters. The molecule has 2 rings (SSSR count). The Morgan fingerprint density at radius 1 is 1.43 bits per heavy atom. The summed E-state index contributed by atoms with van der Waals surface area (Å²) in [4.78, 5) is 2.12. The van der Waals surface area contributed by atoms with Gasteiger partial charge >= 0.3 is 0 Å². The average Bonchev–Trinajstić information content (AvgIpc) is 2.61. The van der Waals surface area contributed by atoms with Gasteiger partial charge in [0.05, 0.1) is 6.04 Å². The normalized spacial score (nSPS) is 21.1. The zero-order chi connectivity index (χ0) is 9.97. The number of benzene rings is 1. The van der Waals surface area contributed by atoms with E-state index in [1.165, 1.54) is 5.56 Å². The van der Waals surface area contributed by atoms with Crippen molar-refractivity contribution in [3.8, 4) is 0 Å². The molecule has 0 aromatic heterocycles. The summed E-state index contributed by atoms with van der Waals surface area (Å²) in [6, 6.07) is 10.6. The van der Waals surface area contributed by atoms with Crippen LogP contribution in [0.15, 0.2) is 30.3 Å². The van der Waals surface area contributed by atoms with E-state index in [1.54, 1.807) is 0 Å². The number of thiocarbonyl (C=S) groups is 1. The SMILES string of the molecule is CCN1C(=S)OC[C@@H]1c1ccccc1. The molecule has 74 valence electrons. The molecule has 0 radical (unpaired) electrons. The van der Waals surface area contributed by atoms with E-state index in [0.717, 1.165) is 6.54 Å². The Labute approximate surface area is 89.5 Å². The fraction of sp³-hybridized carbons (Fsp3) is 0.364. The van der Waals surface area contributed by atoms with Crippen molar-refractivity contribution in [3.05, 3.63) is 35.9 Å². The molecule has 3 heteroatoms. The molecule has 1 aromatic carbocycles. The summed E-state index contributed by atoms with van der Waals surface area (Å²) in [5.74, 6) is 0. The molecule has 0 spiro atoms. The number of hydrogen-bond acceptors (Lipinski definition) is 2. The molecule has 1 aliphatic heterocycles. The molecular formula is C11H13NOS. The lowest BCUT2D eigenvalue weighted by molar-refractivity contribution is 0.317. The summed E-state index contributed by atoms with van der Waals surface area (Å²) >= 11 is 5.12. The second-order valence-electron chi connectivity index (χ2n) is 3.29. The van der Waals surface area contributed by atoms with E-state index in [-0.39, 0.29) is 0 Å². The van der Waals surface area contributed by atoms with Crippen LogP contribution >= 0.6 is 12.2 Å². The predicted molar refractivity (Wildman–Crippen MR) is 60.1 cm³/mol. The summed E-state index contributed by atoms with van der Waals surface area (Å²) in [7, 11) is 0. The second kappa shape index (κ2) is 3.96. The van der Waals surface area contributed by atoms with Gasteiger partial charge in [-0.2, -0.15) is 0 Å². The lowest BCUT2D eigenvalue weighted by Gasteiger charge is -2.21. The first-order valence-corrected chi connectivity index (χ1v) is 5.22. The van der Waals surface area contributed by atoms with E-state index in [1.807, 2.05) is 18.2 Å². The summed E-state index contributed by atoms with van der Waals surface area (Å²) in [5, 5.41) is 0.626. The van der Waals surface area contributed by atoms with Crippen LogP contribution in [0.1, 0.15) is 18.5 Å². The zero-order valence-electron chi connectivity index (χ0n) is 8.14. The molecular weight excluding hydrogens is 194 g/mol. The van der Waals surface area contributed by atoms with Crippen molar-refractivity contribution in [2.24, 2.45) is 0 Å². The summed E-state index contributed by atoms with van der Waals surface area (Å²) in [6.07, 6.45) is 0. The molecule has 0 N–H and O–H groups in total. The Hall–Kier alpha value is -1.09. The van der Waals surface area contributed by atoms with E-state index in [2.05, 4.69) is 24.0 Å². The molecule has 0 amide bonds. The van der Waals surface area contributed by atoms with Crippen LogP contribution in [-0.2, 0) is 4.74 Å². The van der Waals surface area contributed by atoms with Crippen molar-refractivity contribution in [1.82, 2.24) is 4.90 Å². The van der Waals surface area contributed by atoms with Gasteiger partial charge in [-0.05, 0) is 24.7 Å². The predicted octanol–water partition coefficient (Wildman–Crippen LogP) is 2.36. The van der Waals surface area contributed by atoms with Gasteiger partial charge < -0.3 is 9.64 Å². The summed E-state index contributed by atoms with van der Waals surface area (Å²) in [6.45, 7) is 3.67. The maximum absolute atomic E-state index is 5.38. The van der Waals surface area contributed by atoms with Gasteiger partial charge in [-0.1, -0.05) is 30.3 Å². The van der Waals surface area contributed by atoms with Crippen molar-refractivity contribution < 1.29 is 4.74 Å². The first-order chi connectivity index (χ1) is 6.83. The van der Waals surface area contributed by atoms with Crippen LogP contribution in [0.4, 0.5) is 0 Å². The first-order valence-electron chi connectivity index (χ1n) is 4.81. The second-order valence-corrected chi connectivity index (χ2v) is 3.64. The molecule has 0 unspecified atom stereocenters. The zero-order valence-corrected chi connectivity index (χ0v) is 8.96. The minimum absolute atomic E-state index is 0.300. The number of rotatable bonds is 2. The van der Waals surface area contributed by atoms with Gasteiger partial charge in [-0.3, -0.25) is 0 Å². The van der Waals surface area contributed by atoms with Crippen LogP contribution < -0.4 is 0 Å². The summed E-state index contributed by atoms with van der Waals surface area (Å²) < 4.78 is 5.38.